The lowest BCUT2D eigenvalue weighted by Crippen LogP contribution is -2.54. The minimum absolute atomic E-state index is 0.232. The summed E-state index contributed by atoms with van der Waals surface area (Å²) in [6.45, 7) is 6.32. The lowest BCUT2D eigenvalue weighted by Gasteiger charge is -2.41. The number of hydrogen-bond acceptors (Lipinski definition) is 3. The van der Waals surface area contributed by atoms with Gasteiger partial charge in [0.05, 0.1) is 0 Å². The Morgan fingerprint density at radius 3 is 2.96 bits per heavy atom. The van der Waals surface area contributed by atoms with Crippen molar-refractivity contribution in [1.29, 1.82) is 0 Å². The molecule has 1 amide bonds. The van der Waals surface area contributed by atoms with Crippen LogP contribution in [0.4, 0.5) is 5.69 Å². The lowest BCUT2D eigenvalue weighted by atomic mass is 10.0. The highest BCUT2D eigenvalue weighted by Crippen LogP contribution is 2.24. The van der Waals surface area contributed by atoms with E-state index in [0.29, 0.717) is 12.3 Å². The average Bonchev–Trinajstić information content (AvgIpc) is 3.06. The molecule has 4 nitrogen and oxygen atoms in total. The van der Waals surface area contributed by atoms with Crippen LogP contribution in [0.3, 0.4) is 0 Å². The van der Waals surface area contributed by atoms with E-state index < -0.39 is 0 Å². The number of halogens is 1. The smallest absolute Gasteiger partial charge is 0.222 e. The first-order valence-corrected chi connectivity index (χ1v) is 8.89. The summed E-state index contributed by atoms with van der Waals surface area (Å²) < 4.78 is 5.39. The van der Waals surface area contributed by atoms with E-state index in [2.05, 4.69) is 17.9 Å². The van der Waals surface area contributed by atoms with Gasteiger partial charge in [0, 0.05) is 56.0 Å². The summed E-state index contributed by atoms with van der Waals surface area (Å²) in [7, 11) is 0. The minimum Gasteiger partial charge on any atom is -0.381 e. The van der Waals surface area contributed by atoms with E-state index in [1.54, 1.807) is 0 Å². The Balaban J connectivity index is 1.52. The fourth-order valence-corrected chi connectivity index (χ4v) is 3.70. The molecule has 0 radical (unpaired) electrons. The van der Waals surface area contributed by atoms with E-state index in [0.717, 1.165) is 56.4 Å². The van der Waals surface area contributed by atoms with Gasteiger partial charge in [-0.05, 0) is 43.9 Å². The van der Waals surface area contributed by atoms with Crippen molar-refractivity contribution < 1.29 is 9.53 Å². The summed E-state index contributed by atoms with van der Waals surface area (Å²) in [4.78, 5) is 16.9. The number of anilines is 1. The van der Waals surface area contributed by atoms with E-state index in [4.69, 9.17) is 16.3 Å². The van der Waals surface area contributed by atoms with Crippen molar-refractivity contribution in [3.8, 4) is 0 Å². The first-order valence-electron chi connectivity index (χ1n) is 8.51. The van der Waals surface area contributed by atoms with Crippen LogP contribution in [0.5, 0.6) is 0 Å². The van der Waals surface area contributed by atoms with Crippen molar-refractivity contribution in [2.75, 3.05) is 37.7 Å². The Labute approximate surface area is 143 Å². The molecule has 2 aliphatic heterocycles. The van der Waals surface area contributed by atoms with E-state index >= 15 is 0 Å². The number of carbonyl (C=O) groups excluding carboxylic acids is 1. The molecule has 2 fully saturated rings. The SMILES string of the molecule is C[C@@H]1CN(c2cccc(Cl)c2)CCN1C(=O)CC[C@@H]1CCOC1. The molecule has 0 unspecified atom stereocenters. The number of rotatable bonds is 4. The van der Waals surface area contributed by atoms with Crippen molar-refractivity contribution in [3.05, 3.63) is 29.3 Å². The fourth-order valence-electron chi connectivity index (χ4n) is 3.52. The van der Waals surface area contributed by atoms with Gasteiger partial charge in [-0.25, -0.2) is 0 Å². The zero-order valence-electron chi connectivity index (χ0n) is 13.7. The zero-order chi connectivity index (χ0) is 16.2. The highest BCUT2D eigenvalue weighted by Gasteiger charge is 2.28. The molecule has 0 spiro atoms. The van der Waals surface area contributed by atoms with Gasteiger partial charge in [-0.3, -0.25) is 4.79 Å². The van der Waals surface area contributed by atoms with Gasteiger partial charge in [-0.1, -0.05) is 17.7 Å². The first-order chi connectivity index (χ1) is 11.1. The summed E-state index contributed by atoms with van der Waals surface area (Å²) >= 11 is 6.08. The maximum absolute atomic E-state index is 12.5. The number of piperazine rings is 1. The molecule has 0 saturated carbocycles. The highest BCUT2D eigenvalue weighted by molar-refractivity contribution is 6.30. The molecule has 2 heterocycles. The van der Waals surface area contributed by atoms with Crippen LogP contribution in [0.25, 0.3) is 0 Å². The van der Waals surface area contributed by atoms with Gasteiger partial charge in [0.1, 0.15) is 0 Å². The lowest BCUT2D eigenvalue weighted by molar-refractivity contribution is -0.133. The van der Waals surface area contributed by atoms with Crippen LogP contribution >= 0.6 is 11.6 Å². The van der Waals surface area contributed by atoms with Gasteiger partial charge in [-0.2, -0.15) is 0 Å². The highest BCUT2D eigenvalue weighted by atomic mass is 35.5. The third kappa shape index (κ3) is 4.18. The summed E-state index contributed by atoms with van der Waals surface area (Å²) in [5.74, 6) is 0.858. The predicted molar refractivity (Wildman–Crippen MR) is 93.0 cm³/mol. The molecule has 0 bridgehead atoms. The average molecular weight is 337 g/mol. The monoisotopic (exact) mass is 336 g/mol. The number of carbonyl (C=O) groups is 1. The number of nitrogens with zero attached hydrogens (tertiary/aromatic N) is 2. The largest absolute Gasteiger partial charge is 0.381 e. The molecular formula is C18H25ClN2O2. The maximum atomic E-state index is 12.5. The summed E-state index contributed by atoms with van der Waals surface area (Å²) in [5.41, 5.74) is 1.14. The predicted octanol–water partition coefficient (Wildman–Crippen LogP) is 3.19. The second-order valence-corrected chi connectivity index (χ2v) is 7.07. The number of benzene rings is 1. The molecule has 23 heavy (non-hydrogen) atoms. The fraction of sp³-hybridized carbons (Fsp3) is 0.611. The molecule has 126 valence electrons. The van der Waals surface area contributed by atoms with Crippen molar-refractivity contribution >= 4 is 23.2 Å². The maximum Gasteiger partial charge on any atom is 0.222 e. The minimum atomic E-state index is 0.232. The number of ether oxygens (including phenoxy) is 1. The number of hydrogen-bond donors (Lipinski definition) is 0. The van der Waals surface area contributed by atoms with Crippen LogP contribution in [-0.4, -0.2) is 49.7 Å². The van der Waals surface area contributed by atoms with Gasteiger partial charge in [0.25, 0.3) is 0 Å². The second kappa shape index (κ2) is 7.54. The molecule has 0 aromatic heterocycles. The molecule has 2 aliphatic rings. The zero-order valence-corrected chi connectivity index (χ0v) is 14.5. The summed E-state index contributed by atoms with van der Waals surface area (Å²) in [5, 5.41) is 0.757. The molecule has 3 rings (SSSR count). The van der Waals surface area contributed by atoms with Gasteiger partial charge in [-0.15, -0.1) is 0 Å². The third-order valence-corrected chi connectivity index (χ3v) is 5.15. The molecule has 2 atom stereocenters. The number of amides is 1. The Hall–Kier alpha value is -1.26. The van der Waals surface area contributed by atoms with E-state index in [1.165, 1.54) is 0 Å². The van der Waals surface area contributed by atoms with Crippen LogP contribution < -0.4 is 4.90 Å². The van der Waals surface area contributed by atoms with Crippen LogP contribution in [0.15, 0.2) is 24.3 Å². The van der Waals surface area contributed by atoms with Gasteiger partial charge in [0.15, 0.2) is 0 Å². The van der Waals surface area contributed by atoms with Gasteiger partial charge in [0.2, 0.25) is 5.91 Å². The molecular weight excluding hydrogens is 312 g/mol. The quantitative estimate of drug-likeness (QED) is 0.846. The Morgan fingerprint density at radius 2 is 2.26 bits per heavy atom. The summed E-state index contributed by atoms with van der Waals surface area (Å²) in [6, 6.07) is 8.17. The van der Waals surface area contributed by atoms with Crippen LogP contribution in [0.2, 0.25) is 5.02 Å². The van der Waals surface area contributed by atoms with Crippen molar-refractivity contribution in [2.45, 2.75) is 32.2 Å². The molecule has 5 heteroatoms. The van der Waals surface area contributed by atoms with E-state index in [-0.39, 0.29) is 11.9 Å². The third-order valence-electron chi connectivity index (χ3n) is 4.91. The Morgan fingerprint density at radius 1 is 1.39 bits per heavy atom. The summed E-state index contributed by atoms with van der Waals surface area (Å²) in [6.07, 6.45) is 2.71. The normalized spacial score (nSPS) is 25.0. The molecule has 0 N–H and O–H groups in total. The van der Waals surface area contributed by atoms with Crippen LogP contribution in [0, 0.1) is 5.92 Å². The van der Waals surface area contributed by atoms with Crippen molar-refractivity contribution in [3.63, 3.8) is 0 Å². The molecule has 0 aliphatic carbocycles. The van der Waals surface area contributed by atoms with Crippen LogP contribution in [-0.2, 0) is 9.53 Å². The molecule has 1 aromatic rings. The Bertz CT molecular complexity index is 546. The molecule has 2 saturated heterocycles. The van der Waals surface area contributed by atoms with E-state index in [1.807, 2.05) is 23.1 Å². The second-order valence-electron chi connectivity index (χ2n) is 6.63. The van der Waals surface area contributed by atoms with Gasteiger partial charge >= 0.3 is 0 Å². The standard InChI is InChI=1S/C18H25ClN2O2/c1-14-12-20(17-4-2-3-16(19)11-17)8-9-21(14)18(22)6-5-15-7-10-23-13-15/h2-4,11,14-15H,5-10,12-13H2,1H3/t14-,15-/m1/s1. The first kappa shape index (κ1) is 16.6. The van der Waals surface area contributed by atoms with E-state index in [9.17, 15) is 4.79 Å². The van der Waals surface area contributed by atoms with Crippen molar-refractivity contribution in [2.24, 2.45) is 5.92 Å². The topological polar surface area (TPSA) is 32.8 Å². The van der Waals surface area contributed by atoms with Crippen molar-refractivity contribution in [1.82, 2.24) is 4.90 Å². The van der Waals surface area contributed by atoms with Gasteiger partial charge < -0.3 is 14.5 Å². The van der Waals surface area contributed by atoms with Crippen LogP contribution in [0.1, 0.15) is 26.2 Å². The molecule has 1 aromatic carbocycles. The Kier molecular flexibility index (Phi) is 5.44.